The predicted octanol–water partition coefficient (Wildman–Crippen LogP) is 4.01. The van der Waals surface area contributed by atoms with Crippen molar-refractivity contribution >= 4 is 34.7 Å². The summed E-state index contributed by atoms with van der Waals surface area (Å²) in [4.78, 5) is 39.3. The summed E-state index contributed by atoms with van der Waals surface area (Å²) in [6.45, 7) is 0. The second kappa shape index (κ2) is 6.84. The molecule has 1 atom stereocenters. The third kappa shape index (κ3) is 2.76. The van der Waals surface area contributed by atoms with Crippen molar-refractivity contribution in [2.75, 3.05) is 22.6 Å². The summed E-state index contributed by atoms with van der Waals surface area (Å²) in [5, 5.41) is 6.31. The SMILES string of the molecule is CN1C(=O)C(=O)c2c1ccc1c2C(CC(=O)Nc2ccccc2)Nc2ccccc2-1. The number of anilines is 3. The van der Waals surface area contributed by atoms with Crippen LogP contribution in [0.3, 0.4) is 0 Å². The molecule has 2 aliphatic rings. The van der Waals surface area contributed by atoms with E-state index in [9.17, 15) is 14.4 Å². The molecule has 2 N–H and O–H groups in total. The van der Waals surface area contributed by atoms with Crippen LogP contribution in [0.5, 0.6) is 0 Å². The fourth-order valence-corrected chi connectivity index (χ4v) is 4.27. The number of Topliss-reactive ketones (excluding diaryl/α,β-unsaturated/α-hetero) is 1. The van der Waals surface area contributed by atoms with Gasteiger partial charge in [-0.15, -0.1) is 0 Å². The van der Waals surface area contributed by atoms with E-state index in [4.69, 9.17) is 0 Å². The van der Waals surface area contributed by atoms with Crippen LogP contribution < -0.4 is 15.5 Å². The molecule has 0 spiro atoms. The number of para-hydroxylation sites is 2. The van der Waals surface area contributed by atoms with Gasteiger partial charge in [0.15, 0.2) is 0 Å². The molecule has 0 bridgehead atoms. The first-order valence-electron chi connectivity index (χ1n) is 9.74. The maximum absolute atomic E-state index is 12.8. The Bertz CT molecular complexity index is 1200. The minimum absolute atomic E-state index is 0.123. The smallest absolute Gasteiger partial charge is 0.299 e. The van der Waals surface area contributed by atoms with Crippen LogP contribution in [0.1, 0.15) is 28.4 Å². The van der Waals surface area contributed by atoms with Crippen molar-refractivity contribution < 1.29 is 14.4 Å². The zero-order valence-corrected chi connectivity index (χ0v) is 16.3. The third-order valence-corrected chi connectivity index (χ3v) is 5.65. The summed E-state index contributed by atoms with van der Waals surface area (Å²) in [5.74, 6) is -1.25. The summed E-state index contributed by atoms with van der Waals surface area (Å²) in [6.07, 6.45) is 0.123. The van der Waals surface area contributed by atoms with Gasteiger partial charge in [-0.25, -0.2) is 0 Å². The van der Waals surface area contributed by atoms with Gasteiger partial charge in [0, 0.05) is 24.0 Å². The maximum atomic E-state index is 12.8. The first-order chi connectivity index (χ1) is 14.5. The molecule has 0 aliphatic carbocycles. The van der Waals surface area contributed by atoms with Crippen molar-refractivity contribution in [3.05, 3.63) is 77.9 Å². The van der Waals surface area contributed by atoms with Crippen LogP contribution >= 0.6 is 0 Å². The number of carbonyl (C=O) groups is 3. The predicted molar refractivity (Wildman–Crippen MR) is 116 cm³/mol. The van der Waals surface area contributed by atoms with E-state index in [0.29, 0.717) is 22.5 Å². The third-order valence-electron chi connectivity index (χ3n) is 5.65. The summed E-state index contributed by atoms with van der Waals surface area (Å²) >= 11 is 0. The summed E-state index contributed by atoms with van der Waals surface area (Å²) in [5.41, 5.74) is 5.10. The molecule has 6 nitrogen and oxygen atoms in total. The zero-order chi connectivity index (χ0) is 20.8. The minimum Gasteiger partial charge on any atom is -0.377 e. The lowest BCUT2D eigenvalue weighted by molar-refractivity contribution is -0.116. The second-order valence-corrected chi connectivity index (χ2v) is 7.48. The highest BCUT2D eigenvalue weighted by molar-refractivity contribution is 6.52. The molecule has 1 unspecified atom stereocenters. The molecule has 30 heavy (non-hydrogen) atoms. The molecule has 0 saturated heterocycles. The monoisotopic (exact) mass is 397 g/mol. The number of nitrogens with zero attached hydrogens (tertiary/aromatic N) is 1. The van der Waals surface area contributed by atoms with E-state index < -0.39 is 17.7 Å². The number of fused-ring (bicyclic) bond motifs is 5. The lowest BCUT2D eigenvalue weighted by Crippen LogP contribution is -2.26. The number of likely N-dealkylation sites (N-methyl/N-ethyl adjacent to an activating group) is 1. The van der Waals surface area contributed by atoms with Gasteiger partial charge in [0.05, 0.1) is 23.7 Å². The number of amides is 2. The molecule has 0 radical (unpaired) electrons. The van der Waals surface area contributed by atoms with Crippen molar-refractivity contribution in [1.29, 1.82) is 0 Å². The van der Waals surface area contributed by atoms with Crippen LogP contribution in [0.15, 0.2) is 66.7 Å². The molecule has 0 aromatic heterocycles. The molecule has 3 aromatic rings. The van der Waals surface area contributed by atoms with Crippen LogP contribution in [0.4, 0.5) is 17.1 Å². The first-order valence-corrected chi connectivity index (χ1v) is 9.74. The number of nitrogens with one attached hydrogen (secondary N) is 2. The summed E-state index contributed by atoms with van der Waals surface area (Å²) < 4.78 is 0. The van der Waals surface area contributed by atoms with Gasteiger partial charge in [0.1, 0.15) is 0 Å². The van der Waals surface area contributed by atoms with Gasteiger partial charge in [0.25, 0.3) is 11.7 Å². The van der Waals surface area contributed by atoms with Gasteiger partial charge >= 0.3 is 0 Å². The Morgan fingerprint density at radius 3 is 2.50 bits per heavy atom. The van der Waals surface area contributed by atoms with Crippen molar-refractivity contribution in [2.45, 2.75) is 12.5 Å². The van der Waals surface area contributed by atoms with E-state index >= 15 is 0 Å². The van der Waals surface area contributed by atoms with Crippen LogP contribution in [0, 0.1) is 0 Å². The van der Waals surface area contributed by atoms with Crippen molar-refractivity contribution in [2.24, 2.45) is 0 Å². The molecule has 2 heterocycles. The van der Waals surface area contributed by atoms with Gasteiger partial charge in [-0.1, -0.05) is 42.5 Å². The lowest BCUT2D eigenvalue weighted by Gasteiger charge is -2.31. The summed E-state index contributed by atoms with van der Waals surface area (Å²) in [6, 6.07) is 20.3. The van der Waals surface area contributed by atoms with Crippen molar-refractivity contribution in [3.8, 4) is 11.1 Å². The Balaban J connectivity index is 1.59. The summed E-state index contributed by atoms with van der Waals surface area (Å²) in [7, 11) is 1.60. The number of ketones is 1. The molecular formula is C24H19N3O3. The van der Waals surface area contributed by atoms with E-state index in [-0.39, 0.29) is 12.3 Å². The Morgan fingerprint density at radius 2 is 1.70 bits per heavy atom. The van der Waals surface area contributed by atoms with Gasteiger partial charge in [-0.3, -0.25) is 14.4 Å². The maximum Gasteiger partial charge on any atom is 0.299 e. The Labute approximate surface area is 173 Å². The molecular weight excluding hydrogens is 378 g/mol. The van der Waals surface area contributed by atoms with E-state index in [0.717, 1.165) is 16.8 Å². The largest absolute Gasteiger partial charge is 0.377 e. The average Bonchev–Trinajstić information content (AvgIpc) is 2.98. The highest BCUT2D eigenvalue weighted by Gasteiger charge is 2.40. The van der Waals surface area contributed by atoms with Gasteiger partial charge in [-0.2, -0.15) is 0 Å². The molecule has 0 fully saturated rings. The number of carbonyl (C=O) groups excluding carboxylic acids is 3. The van der Waals surface area contributed by atoms with Crippen LogP contribution in [-0.2, 0) is 9.59 Å². The number of hydrogen-bond donors (Lipinski definition) is 2. The Kier molecular flexibility index (Phi) is 4.13. The topological polar surface area (TPSA) is 78.5 Å². The molecule has 3 aromatic carbocycles. The van der Waals surface area contributed by atoms with E-state index in [1.165, 1.54) is 4.90 Å². The van der Waals surface area contributed by atoms with Crippen LogP contribution in [0.25, 0.3) is 11.1 Å². The second-order valence-electron chi connectivity index (χ2n) is 7.48. The standard InChI is InChI=1S/C24H19N3O3/c1-27-19-12-11-16-15-9-5-6-10-17(15)26-18(21(16)22(19)23(29)24(27)30)13-20(28)25-14-7-3-2-4-8-14/h2-12,18,26H,13H2,1H3,(H,25,28). The first kappa shape index (κ1) is 18.1. The van der Waals surface area contributed by atoms with E-state index in [2.05, 4.69) is 10.6 Å². The molecule has 5 rings (SSSR count). The normalized spacial score (nSPS) is 16.4. The molecule has 0 saturated carbocycles. The van der Waals surface area contributed by atoms with Crippen molar-refractivity contribution in [3.63, 3.8) is 0 Å². The Morgan fingerprint density at radius 1 is 0.967 bits per heavy atom. The number of hydrogen-bond acceptors (Lipinski definition) is 4. The fourth-order valence-electron chi connectivity index (χ4n) is 4.27. The highest BCUT2D eigenvalue weighted by Crippen LogP contribution is 2.47. The Hall–Kier alpha value is -3.93. The average molecular weight is 397 g/mol. The molecule has 148 valence electrons. The minimum atomic E-state index is -0.551. The molecule has 2 amide bonds. The number of benzene rings is 3. The van der Waals surface area contributed by atoms with E-state index in [1.807, 2.05) is 60.7 Å². The quantitative estimate of drug-likeness (QED) is 0.655. The van der Waals surface area contributed by atoms with Crippen LogP contribution in [0.2, 0.25) is 0 Å². The highest BCUT2D eigenvalue weighted by atomic mass is 16.2. The van der Waals surface area contributed by atoms with Gasteiger partial charge in [0.2, 0.25) is 5.91 Å². The lowest BCUT2D eigenvalue weighted by atomic mass is 9.84. The fraction of sp³-hybridized carbons (Fsp3) is 0.125. The van der Waals surface area contributed by atoms with E-state index in [1.54, 1.807) is 13.1 Å². The number of rotatable bonds is 3. The molecule has 6 heteroatoms. The molecule has 2 aliphatic heterocycles. The van der Waals surface area contributed by atoms with Gasteiger partial charge < -0.3 is 15.5 Å². The van der Waals surface area contributed by atoms with Crippen LogP contribution in [-0.4, -0.2) is 24.6 Å². The van der Waals surface area contributed by atoms with Gasteiger partial charge in [-0.05, 0) is 35.4 Å². The zero-order valence-electron chi connectivity index (χ0n) is 16.3. The van der Waals surface area contributed by atoms with Crippen molar-refractivity contribution in [1.82, 2.24) is 0 Å².